The van der Waals surface area contributed by atoms with E-state index in [2.05, 4.69) is 24.9 Å². The molecule has 2 rings (SSSR count). The summed E-state index contributed by atoms with van der Waals surface area (Å²) in [5.41, 5.74) is 2.22. The minimum absolute atomic E-state index is 0.0424. The molecule has 0 radical (unpaired) electrons. The summed E-state index contributed by atoms with van der Waals surface area (Å²) >= 11 is 0. The number of nitrogens with one attached hydrogen (secondary N) is 1. The van der Waals surface area contributed by atoms with Gasteiger partial charge in [0, 0.05) is 25.4 Å². The number of amides is 1. The third-order valence-corrected chi connectivity index (χ3v) is 4.24. The van der Waals surface area contributed by atoms with E-state index in [0.29, 0.717) is 0 Å². The normalized spacial score (nSPS) is 20.0. The van der Waals surface area contributed by atoms with Crippen LogP contribution in [0.25, 0.3) is 0 Å². The molecule has 0 aromatic heterocycles. The molecule has 1 aromatic carbocycles. The maximum Gasteiger partial charge on any atom is 0.250 e. The minimum atomic E-state index is -0.0424. The van der Waals surface area contributed by atoms with Crippen molar-refractivity contribution >= 4 is 11.6 Å². The van der Waals surface area contributed by atoms with Gasteiger partial charge in [0.15, 0.2) is 0 Å². The second kappa shape index (κ2) is 6.87. The smallest absolute Gasteiger partial charge is 0.250 e. The molecule has 21 heavy (non-hydrogen) atoms. The first-order chi connectivity index (χ1) is 10.1. The number of hydrogen-bond acceptors (Lipinski definition) is 3. The second-order valence-corrected chi connectivity index (χ2v) is 5.54. The van der Waals surface area contributed by atoms with Crippen LogP contribution in [-0.2, 0) is 16.0 Å². The largest absolute Gasteiger partial charge is 0.380 e. The number of methoxy groups -OCH3 is 1. The molecule has 1 aliphatic rings. The second-order valence-electron chi connectivity index (χ2n) is 5.54. The van der Waals surface area contributed by atoms with Crippen molar-refractivity contribution < 1.29 is 9.53 Å². The van der Waals surface area contributed by atoms with E-state index in [-0.39, 0.29) is 24.1 Å². The molecule has 1 aliphatic heterocycles. The zero-order valence-electron chi connectivity index (χ0n) is 13.0. The van der Waals surface area contributed by atoms with Crippen molar-refractivity contribution in [3.63, 3.8) is 0 Å². The van der Waals surface area contributed by atoms with E-state index >= 15 is 0 Å². The summed E-state index contributed by atoms with van der Waals surface area (Å²) in [6, 6.07) is 8.42. The molecule has 0 aliphatic carbocycles. The average molecular weight is 288 g/mol. The van der Waals surface area contributed by atoms with Crippen LogP contribution in [0.3, 0.4) is 0 Å². The first kappa shape index (κ1) is 15.7. The highest BCUT2D eigenvalue weighted by Crippen LogP contribution is 2.32. The van der Waals surface area contributed by atoms with Crippen molar-refractivity contribution in [3.8, 4) is 0 Å². The van der Waals surface area contributed by atoms with Gasteiger partial charge in [-0.3, -0.25) is 4.79 Å². The molecular weight excluding hydrogens is 264 g/mol. The first-order valence-electron chi connectivity index (χ1n) is 7.38. The van der Waals surface area contributed by atoms with Crippen LogP contribution in [0.4, 0.5) is 5.69 Å². The topological polar surface area (TPSA) is 41.6 Å². The van der Waals surface area contributed by atoms with Gasteiger partial charge < -0.3 is 15.0 Å². The fourth-order valence-electron chi connectivity index (χ4n) is 2.71. The Morgan fingerprint density at radius 3 is 2.90 bits per heavy atom. The Kier molecular flexibility index (Phi) is 5.15. The molecule has 1 amide bonds. The highest BCUT2D eigenvalue weighted by molar-refractivity contribution is 6.03. The van der Waals surface area contributed by atoms with Crippen molar-refractivity contribution in [1.29, 1.82) is 0 Å². The van der Waals surface area contributed by atoms with E-state index in [4.69, 9.17) is 4.74 Å². The lowest BCUT2D eigenvalue weighted by molar-refractivity contribution is -0.114. The highest BCUT2D eigenvalue weighted by atomic mass is 16.5. The van der Waals surface area contributed by atoms with Gasteiger partial charge in [-0.05, 0) is 38.0 Å². The van der Waals surface area contributed by atoms with Crippen LogP contribution in [0.15, 0.2) is 36.9 Å². The van der Waals surface area contributed by atoms with Crippen LogP contribution >= 0.6 is 0 Å². The molecule has 4 heteroatoms. The molecule has 4 nitrogen and oxygen atoms in total. The number of benzene rings is 1. The third-order valence-electron chi connectivity index (χ3n) is 4.24. The average Bonchev–Trinajstić information content (AvgIpc) is 2.89. The molecule has 1 aromatic rings. The van der Waals surface area contributed by atoms with Gasteiger partial charge in [0.05, 0.1) is 12.1 Å². The Balaban J connectivity index is 2.09. The van der Waals surface area contributed by atoms with Crippen molar-refractivity contribution in [2.24, 2.45) is 0 Å². The SMILES string of the molecule is C=CC(=O)N1c2ccccc2C[C@H]1CN[C@@H](C)C(C)OC. The van der Waals surface area contributed by atoms with E-state index in [1.54, 1.807) is 7.11 Å². The van der Waals surface area contributed by atoms with Crippen molar-refractivity contribution in [1.82, 2.24) is 5.32 Å². The number of anilines is 1. The maximum atomic E-state index is 12.2. The molecule has 0 fully saturated rings. The number of carbonyl (C=O) groups excluding carboxylic acids is 1. The highest BCUT2D eigenvalue weighted by Gasteiger charge is 2.32. The molecule has 0 spiro atoms. The molecule has 114 valence electrons. The van der Waals surface area contributed by atoms with E-state index in [9.17, 15) is 4.79 Å². The summed E-state index contributed by atoms with van der Waals surface area (Å²) in [6.07, 6.45) is 2.39. The van der Waals surface area contributed by atoms with Gasteiger partial charge in [0.2, 0.25) is 0 Å². The summed E-state index contributed by atoms with van der Waals surface area (Å²) in [6.45, 7) is 8.49. The van der Waals surface area contributed by atoms with Gasteiger partial charge in [-0.2, -0.15) is 0 Å². The predicted molar refractivity (Wildman–Crippen MR) is 85.6 cm³/mol. The maximum absolute atomic E-state index is 12.2. The number of rotatable bonds is 6. The summed E-state index contributed by atoms with van der Waals surface area (Å²) in [4.78, 5) is 14.0. The van der Waals surface area contributed by atoms with Crippen molar-refractivity contribution in [2.75, 3.05) is 18.6 Å². The minimum Gasteiger partial charge on any atom is -0.380 e. The lowest BCUT2D eigenvalue weighted by Gasteiger charge is -2.27. The lowest BCUT2D eigenvalue weighted by Crippen LogP contribution is -2.47. The molecule has 0 saturated heterocycles. The van der Waals surface area contributed by atoms with Crippen LogP contribution in [0.2, 0.25) is 0 Å². The summed E-state index contributed by atoms with van der Waals surface area (Å²) in [5, 5.41) is 3.47. The summed E-state index contributed by atoms with van der Waals surface area (Å²) < 4.78 is 5.33. The Hall–Kier alpha value is -1.65. The van der Waals surface area contributed by atoms with E-state index in [1.807, 2.05) is 30.0 Å². The molecule has 1 unspecified atom stereocenters. The summed E-state index contributed by atoms with van der Waals surface area (Å²) in [5.74, 6) is -0.0424. The fourth-order valence-corrected chi connectivity index (χ4v) is 2.71. The molecule has 3 atom stereocenters. The van der Waals surface area contributed by atoms with Crippen LogP contribution in [0.1, 0.15) is 19.4 Å². The third kappa shape index (κ3) is 3.34. The molecule has 1 heterocycles. The van der Waals surface area contributed by atoms with Gasteiger partial charge in [0.1, 0.15) is 0 Å². The zero-order valence-corrected chi connectivity index (χ0v) is 13.0. The van der Waals surface area contributed by atoms with Gasteiger partial charge in [0.25, 0.3) is 5.91 Å². The van der Waals surface area contributed by atoms with Gasteiger partial charge in [-0.15, -0.1) is 0 Å². The van der Waals surface area contributed by atoms with E-state index in [0.717, 1.165) is 18.7 Å². The molecule has 1 N–H and O–H groups in total. The van der Waals surface area contributed by atoms with Gasteiger partial charge in [-0.1, -0.05) is 24.8 Å². The molecule has 0 bridgehead atoms. The van der Waals surface area contributed by atoms with Crippen LogP contribution in [0, 0.1) is 0 Å². The number of fused-ring (bicyclic) bond motifs is 1. The standard InChI is InChI=1S/C17H24N2O2/c1-5-17(20)19-15(11-18-12(2)13(3)21-4)10-14-8-6-7-9-16(14)19/h5-9,12-13,15,18H,1,10-11H2,2-4H3/t12-,13?,15-/m0/s1. The Morgan fingerprint density at radius 2 is 2.24 bits per heavy atom. The van der Waals surface area contributed by atoms with Crippen molar-refractivity contribution in [2.45, 2.75) is 38.5 Å². The fraction of sp³-hybridized carbons (Fsp3) is 0.471. The molecule has 0 saturated carbocycles. The van der Waals surface area contributed by atoms with Crippen LogP contribution in [-0.4, -0.2) is 37.7 Å². The number of para-hydroxylation sites is 1. The number of ether oxygens (including phenoxy) is 1. The lowest BCUT2D eigenvalue weighted by atomic mass is 10.1. The Morgan fingerprint density at radius 1 is 1.52 bits per heavy atom. The quantitative estimate of drug-likeness (QED) is 0.816. The molecular formula is C17H24N2O2. The Bertz CT molecular complexity index is 515. The number of carbonyl (C=O) groups is 1. The number of hydrogen-bond donors (Lipinski definition) is 1. The first-order valence-corrected chi connectivity index (χ1v) is 7.38. The monoisotopic (exact) mass is 288 g/mol. The van der Waals surface area contributed by atoms with Gasteiger partial charge in [-0.25, -0.2) is 0 Å². The van der Waals surface area contributed by atoms with Crippen LogP contribution < -0.4 is 10.2 Å². The summed E-state index contributed by atoms with van der Waals surface area (Å²) in [7, 11) is 1.71. The van der Waals surface area contributed by atoms with Gasteiger partial charge >= 0.3 is 0 Å². The number of nitrogens with zero attached hydrogens (tertiary/aromatic N) is 1. The zero-order chi connectivity index (χ0) is 15.4. The predicted octanol–water partition coefficient (Wildman–Crippen LogP) is 2.14. The van der Waals surface area contributed by atoms with E-state index < -0.39 is 0 Å². The van der Waals surface area contributed by atoms with E-state index in [1.165, 1.54) is 11.6 Å². The van der Waals surface area contributed by atoms with Crippen LogP contribution in [0.5, 0.6) is 0 Å². The van der Waals surface area contributed by atoms with Crippen molar-refractivity contribution in [3.05, 3.63) is 42.5 Å². The Labute approximate surface area is 126 Å².